The first-order valence-corrected chi connectivity index (χ1v) is 6.84. The number of ether oxygens (including phenoxy) is 1. The predicted molar refractivity (Wildman–Crippen MR) is 81.5 cm³/mol. The maximum atomic E-state index is 9.03. The van der Waals surface area contributed by atoms with Crippen LogP contribution in [0.4, 0.5) is 0 Å². The summed E-state index contributed by atoms with van der Waals surface area (Å²) < 4.78 is 5.61. The van der Waals surface area contributed by atoms with E-state index in [4.69, 9.17) is 27.8 Å². The number of hydrogen-bond donors (Lipinski definition) is 2. The number of benzene rings is 1. The van der Waals surface area contributed by atoms with Gasteiger partial charge in [-0.15, -0.1) is 0 Å². The van der Waals surface area contributed by atoms with Gasteiger partial charge in [-0.1, -0.05) is 31.3 Å². The molecule has 0 fully saturated rings. The maximum absolute atomic E-state index is 9.03. The van der Waals surface area contributed by atoms with E-state index >= 15 is 0 Å². The fourth-order valence-corrected chi connectivity index (χ4v) is 2.23. The first-order chi connectivity index (χ1) is 9.10. The Morgan fingerprint density at radius 3 is 2.84 bits per heavy atom. The number of aliphatic hydroxyl groups is 1. The molecular weight excluding hydrogens is 260 g/mol. The summed E-state index contributed by atoms with van der Waals surface area (Å²) in [5, 5.41) is 9.03. The number of aliphatic hydroxyl groups excluding tert-OH is 1. The molecule has 0 radical (unpaired) electrons. The lowest BCUT2D eigenvalue weighted by Gasteiger charge is -2.27. The van der Waals surface area contributed by atoms with Crippen LogP contribution in [0.15, 0.2) is 24.3 Å². The van der Waals surface area contributed by atoms with Gasteiger partial charge in [-0.3, -0.25) is 4.90 Å². The van der Waals surface area contributed by atoms with Crippen molar-refractivity contribution in [3.63, 3.8) is 0 Å². The summed E-state index contributed by atoms with van der Waals surface area (Å²) in [6.45, 7) is 3.34. The second kappa shape index (κ2) is 8.09. The zero-order chi connectivity index (χ0) is 14.3. The highest BCUT2D eigenvalue weighted by Gasteiger charge is 2.19. The van der Waals surface area contributed by atoms with Gasteiger partial charge in [0.15, 0.2) is 0 Å². The molecule has 1 unspecified atom stereocenters. The number of hydrogen-bond acceptors (Lipinski definition) is 4. The minimum atomic E-state index is -0.188. The van der Waals surface area contributed by atoms with Crippen LogP contribution in [0, 0.1) is 0 Å². The summed E-state index contributed by atoms with van der Waals surface area (Å²) in [6.07, 6.45) is 0.966. The van der Waals surface area contributed by atoms with Crippen molar-refractivity contribution in [3.8, 4) is 5.75 Å². The highest BCUT2D eigenvalue weighted by atomic mass is 32.1. The lowest BCUT2D eigenvalue weighted by molar-refractivity contribution is 0.207. The van der Waals surface area contributed by atoms with Gasteiger partial charge in [0.1, 0.15) is 5.75 Å². The van der Waals surface area contributed by atoms with Crippen molar-refractivity contribution < 1.29 is 9.84 Å². The number of thiocarbonyl (C=S) groups is 1. The molecule has 0 saturated heterocycles. The first-order valence-electron chi connectivity index (χ1n) is 6.43. The van der Waals surface area contributed by atoms with Crippen molar-refractivity contribution in [1.29, 1.82) is 0 Å². The van der Waals surface area contributed by atoms with E-state index in [2.05, 4.69) is 6.92 Å². The van der Waals surface area contributed by atoms with Gasteiger partial charge in [0, 0.05) is 6.54 Å². The van der Waals surface area contributed by atoms with Gasteiger partial charge in [-0.2, -0.15) is 0 Å². The van der Waals surface area contributed by atoms with E-state index in [0.29, 0.717) is 18.1 Å². The van der Waals surface area contributed by atoms with Crippen LogP contribution >= 0.6 is 12.2 Å². The summed E-state index contributed by atoms with van der Waals surface area (Å²) in [7, 11) is 1.89. The Morgan fingerprint density at radius 2 is 2.26 bits per heavy atom. The van der Waals surface area contributed by atoms with Crippen LogP contribution in [-0.2, 0) is 0 Å². The van der Waals surface area contributed by atoms with Crippen LogP contribution in [-0.4, -0.2) is 41.8 Å². The summed E-state index contributed by atoms with van der Waals surface area (Å²) in [6, 6.07) is 7.58. The maximum Gasteiger partial charge on any atom is 0.119 e. The molecule has 0 aliphatic heterocycles. The summed E-state index contributed by atoms with van der Waals surface area (Å²) in [5.74, 6) is 0.818. The van der Waals surface area contributed by atoms with E-state index in [1.165, 1.54) is 0 Å². The smallest absolute Gasteiger partial charge is 0.119 e. The van der Waals surface area contributed by atoms with E-state index in [1.807, 2.05) is 36.2 Å². The third-order valence-corrected chi connectivity index (χ3v) is 3.03. The minimum absolute atomic E-state index is 0.0711. The second-order valence-corrected chi connectivity index (χ2v) is 4.90. The summed E-state index contributed by atoms with van der Waals surface area (Å²) >= 11 is 5.13. The molecule has 1 rings (SSSR count). The molecule has 5 heteroatoms. The topological polar surface area (TPSA) is 58.7 Å². The number of nitrogens with zero attached hydrogens (tertiary/aromatic N) is 1. The van der Waals surface area contributed by atoms with Gasteiger partial charge in [0.05, 0.1) is 24.2 Å². The van der Waals surface area contributed by atoms with Crippen LogP contribution in [0.1, 0.15) is 24.9 Å². The zero-order valence-electron chi connectivity index (χ0n) is 11.5. The van der Waals surface area contributed by atoms with Gasteiger partial charge < -0.3 is 15.6 Å². The van der Waals surface area contributed by atoms with Crippen LogP contribution in [0.2, 0.25) is 0 Å². The van der Waals surface area contributed by atoms with E-state index in [-0.39, 0.29) is 12.6 Å². The molecule has 0 amide bonds. The summed E-state index contributed by atoms with van der Waals surface area (Å²) in [5.41, 5.74) is 6.80. The van der Waals surface area contributed by atoms with E-state index < -0.39 is 0 Å². The molecular formula is C14H22N2O2S. The fraction of sp³-hybridized carbons (Fsp3) is 0.500. The van der Waals surface area contributed by atoms with Gasteiger partial charge in [-0.25, -0.2) is 0 Å². The average Bonchev–Trinajstić information content (AvgIpc) is 2.37. The average molecular weight is 282 g/mol. The lowest BCUT2D eigenvalue weighted by atomic mass is 10.1. The molecule has 0 aliphatic carbocycles. The van der Waals surface area contributed by atoms with Crippen molar-refractivity contribution >= 4 is 17.2 Å². The van der Waals surface area contributed by atoms with Crippen molar-refractivity contribution in [2.75, 3.05) is 26.8 Å². The molecule has 4 nitrogen and oxygen atoms in total. The summed E-state index contributed by atoms with van der Waals surface area (Å²) in [4.78, 5) is 2.32. The quantitative estimate of drug-likeness (QED) is 0.711. The Hall–Kier alpha value is -1.17. The second-order valence-electron chi connectivity index (χ2n) is 4.43. The molecule has 3 N–H and O–H groups in total. The lowest BCUT2D eigenvalue weighted by Crippen LogP contribution is -2.35. The molecule has 0 aromatic heterocycles. The Bertz CT molecular complexity index is 412. The largest absolute Gasteiger partial charge is 0.494 e. The van der Waals surface area contributed by atoms with Crippen molar-refractivity contribution in [3.05, 3.63) is 29.8 Å². The zero-order valence-corrected chi connectivity index (χ0v) is 12.3. The van der Waals surface area contributed by atoms with E-state index in [0.717, 1.165) is 17.7 Å². The Morgan fingerprint density at radius 1 is 1.53 bits per heavy atom. The van der Waals surface area contributed by atoms with Gasteiger partial charge >= 0.3 is 0 Å². The Labute approximate surface area is 120 Å². The first kappa shape index (κ1) is 15.9. The SMILES string of the molecule is CCCOc1cccc(C(C(N)=S)N(C)CCO)c1. The van der Waals surface area contributed by atoms with Crippen LogP contribution < -0.4 is 10.5 Å². The van der Waals surface area contributed by atoms with Crippen LogP contribution in [0.5, 0.6) is 5.75 Å². The van der Waals surface area contributed by atoms with Crippen LogP contribution in [0.3, 0.4) is 0 Å². The molecule has 106 valence electrons. The minimum Gasteiger partial charge on any atom is -0.494 e. The monoisotopic (exact) mass is 282 g/mol. The molecule has 0 bridgehead atoms. The molecule has 0 aliphatic rings. The van der Waals surface area contributed by atoms with Crippen molar-refractivity contribution in [2.24, 2.45) is 5.73 Å². The van der Waals surface area contributed by atoms with Crippen molar-refractivity contribution in [1.82, 2.24) is 4.90 Å². The molecule has 0 saturated carbocycles. The third-order valence-electron chi connectivity index (χ3n) is 2.81. The number of nitrogens with two attached hydrogens (primary N) is 1. The van der Waals surface area contributed by atoms with Crippen molar-refractivity contribution in [2.45, 2.75) is 19.4 Å². The molecule has 1 aromatic carbocycles. The third kappa shape index (κ3) is 4.78. The van der Waals surface area contributed by atoms with Crippen LogP contribution in [0.25, 0.3) is 0 Å². The molecule has 1 aromatic rings. The number of likely N-dealkylation sites (N-methyl/N-ethyl adjacent to an activating group) is 1. The van der Waals surface area contributed by atoms with Gasteiger partial charge in [-0.05, 0) is 31.2 Å². The number of rotatable bonds is 8. The van der Waals surface area contributed by atoms with Gasteiger partial charge in [0.2, 0.25) is 0 Å². The molecule has 1 atom stereocenters. The van der Waals surface area contributed by atoms with Gasteiger partial charge in [0.25, 0.3) is 0 Å². The molecule has 0 spiro atoms. The fourth-order valence-electron chi connectivity index (χ4n) is 1.92. The standard InChI is InChI=1S/C14H22N2O2S/c1-3-9-18-12-6-4-5-11(10-12)13(14(15)19)16(2)7-8-17/h4-6,10,13,17H,3,7-9H2,1-2H3,(H2,15,19). The Balaban J connectivity index is 2.92. The van der Waals surface area contributed by atoms with E-state index in [1.54, 1.807) is 0 Å². The Kier molecular flexibility index (Phi) is 6.77. The molecule has 19 heavy (non-hydrogen) atoms. The highest BCUT2D eigenvalue weighted by Crippen LogP contribution is 2.23. The normalized spacial score (nSPS) is 12.4. The molecule has 0 heterocycles. The van der Waals surface area contributed by atoms with E-state index in [9.17, 15) is 0 Å². The highest BCUT2D eigenvalue weighted by molar-refractivity contribution is 7.80. The predicted octanol–water partition coefficient (Wildman–Crippen LogP) is 1.73.